The number of amides is 1. The molecule has 0 aromatic rings. The Bertz CT molecular complexity index is 284. The van der Waals surface area contributed by atoms with E-state index in [1.165, 1.54) is 19.3 Å². The average Bonchev–Trinajstić information content (AvgIpc) is 2.40. The topological polar surface area (TPSA) is 41.5 Å². The van der Waals surface area contributed by atoms with Crippen molar-refractivity contribution in [2.45, 2.75) is 64.7 Å². The van der Waals surface area contributed by atoms with E-state index in [0.29, 0.717) is 12.3 Å². The summed E-state index contributed by atoms with van der Waals surface area (Å²) in [6.45, 7) is 2.20. The molecule has 1 unspecified atom stereocenters. The lowest BCUT2D eigenvalue weighted by Gasteiger charge is -2.11. The van der Waals surface area contributed by atoms with Crippen molar-refractivity contribution < 1.29 is 4.79 Å². The van der Waals surface area contributed by atoms with Crippen LogP contribution in [0, 0.1) is 5.92 Å². The van der Waals surface area contributed by atoms with Gasteiger partial charge in [-0.1, -0.05) is 44.8 Å². The first kappa shape index (κ1) is 14.9. The normalized spacial score (nSPS) is 19.3. The minimum absolute atomic E-state index is 0.0501. The van der Waals surface area contributed by atoms with Gasteiger partial charge < -0.3 is 0 Å². The van der Waals surface area contributed by atoms with E-state index in [0.717, 1.165) is 32.1 Å². The minimum Gasteiger partial charge on any atom is -0.273 e. The van der Waals surface area contributed by atoms with Gasteiger partial charge in [0.25, 0.3) is 0 Å². The van der Waals surface area contributed by atoms with Gasteiger partial charge in [0.15, 0.2) is 0 Å². The zero-order chi connectivity index (χ0) is 13.1. The van der Waals surface area contributed by atoms with Gasteiger partial charge in [-0.05, 0) is 31.6 Å². The standard InChI is InChI=1S/C15H26N2O/c1-2-3-4-5-9-12-15(18)17-16-13-14-10-7-6-8-11-14/h6-7,13-14H,2-5,8-12H2,1H3,(H,17,18). The summed E-state index contributed by atoms with van der Waals surface area (Å²) in [6.07, 6.45) is 16.1. The van der Waals surface area contributed by atoms with E-state index in [1.54, 1.807) is 0 Å². The number of unbranched alkanes of at least 4 members (excludes halogenated alkanes) is 4. The van der Waals surface area contributed by atoms with Crippen molar-refractivity contribution in [1.82, 2.24) is 5.43 Å². The molecule has 3 heteroatoms. The predicted molar refractivity (Wildman–Crippen MR) is 76.5 cm³/mol. The maximum absolute atomic E-state index is 11.5. The highest BCUT2D eigenvalue weighted by molar-refractivity contribution is 5.76. The first-order valence-corrected chi connectivity index (χ1v) is 7.30. The molecule has 1 atom stereocenters. The van der Waals surface area contributed by atoms with Gasteiger partial charge in [-0.25, -0.2) is 5.43 Å². The van der Waals surface area contributed by atoms with Crippen molar-refractivity contribution in [1.29, 1.82) is 0 Å². The van der Waals surface area contributed by atoms with Crippen LogP contribution in [0.25, 0.3) is 0 Å². The van der Waals surface area contributed by atoms with Crippen LogP contribution in [0.4, 0.5) is 0 Å². The molecule has 1 amide bonds. The summed E-state index contributed by atoms with van der Waals surface area (Å²) in [7, 11) is 0. The monoisotopic (exact) mass is 250 g/mol. The van der Waals surface area contributed by atoms with E-state index in [-0.39, 0.29) is 5.91 Å². The van der Waals surface area contributed by atoms with Crippen LogP contribution in [-0.4, -0.2) is 12.1 Å². The van der Waals surface area contributed by atoms with Crippen molar-refractivity contribution in [3.05, 3.63) is 12.2 Å². The third-order valence-corrected chi connectivity index (χ3v) is 3.29. The van der Waals surface area contributed by atoms with Crippen molar-refractivity contribution in [3.63, 3.8) is 0 Å². The molecule has 0 aliphatic heterocycles. The van der Waals surface area contributed by atoms with Gasteiger partial charge in [-0.3, -0.25) is 4.79 Å². The zero-order valence-corrected chi connectivity index (χ0v) is 11.5. The van der Waals surface area contributed by atoms with Crippen LogP contribution in [0.15, 0.2) is 17.3 Å². The molecule has 18 heavy (non-hydrogen) atoms. The Morgan fingerprint density at radius 1 is 1.33 bits per heavy atom. The molecular weight excluding hydrogens is 224 g/mol. The molecule has 102 valence electrons. The third-order valence-electron chi connectivity index (χ3n) is 3.29. The molecule has 0 bridgehead atoms. The van der Waals surface area contributed by atoms with Crippen LogP contribution in [0.5, 0.6) is 0 Å². The second-order valence-electron chi connectivity index (χ2n) is 5.02. The molecule has 0 heterocycles. The Hall–Kier alpha value is -1.12. The fourth-order valence-electron chi connectivity index (χ4n) is 2.11. The van der Waals surface area contributed by atoms with Gasteiger partial charge in [0, 0.05) is 12.6 Å². The van der Waals surface area contributed by atoms with Crippen LogP contribution in [-0.2, 0) is 4.79 Å². The summed E-state index contributed by atoms with van der Waals surface area (Å²) in [5, 5.41) is 4.05. The highest BCUT2D eigenvalue weighted by atomic mass is 16.2. The Labute approximate surface area is 111 Å². The smallest absolute Gasteiger partial charge is 0.240 e. The van der Waals surface area contributed by atoms with Gasteiger partial charge in [-0.2, -0.15) is 5.10 Å². The van der Waals surface area contributed by atoms with E-state index < -0.39 is 0 Å². The maximum atomic E-state index is 11.5. The number of allylic oxidation sites excluding steroid dienone is 2. The van der Waals surface area contributed by atoms with E-state index in [1.807, 2.05) is 6.21 Å². The summed E-state index contributed by atoms with van der Waals surface area (Å²) in [5.41, 5.74) is 2.63. The first-order valence-electron chi connectivity index (χ1n) is 7.30. The molecule has 0 radical (unpaired) electrons. The molecule has 0 aromatic heterocycles. The van der Waals surface area contributed by atoms with E-state index in [2.05, 4.69) is 29.6 Å². The molecule has 3 nitrogen and oxygen atoms in total. The van der Waals surface area contributed by atoms with Gasteiger partial charge in [0.1, 0.15) is 0 Å². The quantitative estimate of drug-likeness (QED) is 0.303. The van der Waals surface area contributed by atoms with E-state index in [9.17, 15) is 4.79 Å². The predicted octanol–water partition coefficient (Wildman–Crippen LogP) is 3.81. The molecular formula is C15H26N2O. The number of nitrogens with one attached hydrogen (secondary N) is 1. The Kier molecular flexibility index (Phi) is 8.19. The number of hydrazone groups is 1. The van der Waals surface area contributed by atoms with Crippen molar-refractivity contribution in [2.75, 3.05) is 0 Å². The van der Waals surface area contributed by atoms with Crippen molar-refractivity contribution in [3.8, 4) is 0 Å². The lowest BCUT2D eigenvalue weighted by atomic mass is 9.96. The number of rotatable bonds is 8. The second-order valence-corrected chi connectivity index (χ2v) is 5.02. The maximum Gasteiger partial charge on any atom is 0.240 e. The summed E-state index contributed by atoms with van der Waals surface area (Å²) in [5.74, 6) is 0.550. The van der Waals surface area contributed by atoms with Crippen LogP contribution >= 0.6 is 0 Å². The van der Waals surface area contributed by atoms with Crippen LogP contribution < -0.4 is 5.43 Å². The molecule has 0 aromatic carbocycles. The summed E-state index contributed by atoms with van der Waals surface area (Å²) in [6, 6.07) is 0. The lowest BCUT2D eigenvalue weighted by Crippen LogP contribution is -2.18. The number of hydrogen-bond acceptors (Lipinski definition) is 2. The summed E-state index contributed by atoms with van der Waals surface area (Å²) in [4.78, 5) is 11.5. The molecule has 1 N–H and O–H groups in total. The largest absolute Gasteiger partial charge is 0.273 e. The van der Waals surface area contributed by atoms with Gasteiger partial charge >= 0.3 is 0 Å². The second kappa shape index (κ2) is 9.86. The summed E-state index contributed by atoms with van der Waals surface area (Å²) >= 11 is 0. The van der Waals surface area contributed by atoms with Crippen molar-refractivity contribution >= 4 is 12.1 Å². The van der Waals surface area contributed by atoms with Gasteiger partial charge in [0.05, 0.1) is 0 Å². The summed E-state index contributed by atoms with van der Waals surface area (Å²) < 4.78 is 0. The minimum atomic E-state index is 0.0501. The average molecular weight is 250 g/mol. The van der Waals surface area contributed by atoms with E-state index in [4.69, 9.17) is 0 Å². The molecule has 0 fully saturated rings. The Morgan fingerprint density at radius 3 is 2.89 bits per heavy atom. The number of nitrogens with zero attached hydrogens (tertiary/aromatic N) is 1. The van der Waals surface area contributed by atoms with Crippen LogP contribution in [0.3, 0.4) is 0 Å². The van der Waals surface area contributed by atoms with Gasteiger partial charge in [0.2, 0.25) is 5.91 Å². The Morgan fingerprint density at radius 2 is 2.17 bits per heavy atom. The molecule has 0 saturated carbocycles. The highest BCUT2D eigenvalue weighted by Gasteiger charge is 2.06. The number of hydrogen-bond donors (Lipinski definition) is 1. The molecule has 1 rings (SSSR count). The number of carbonyl (C=O) groups excluding carboxylic acids is 1. The molecule has 0 saturated heterocycles. The van der Waals surface area contributed by atoms with E-state index >= 15 is 0 Å². The SMILES string of the molecule is CCCCCCCC(=O)NN=CC1CC=CCC1. The molecule has 1 aliphatic carbocycles. The number of carbonyl (C=O) groups is 1. The van der Waals surface area contributed by atoms with Crippen molar-refractivity contribution in [2.24, 2.45) is 11.0 Å². The van der Waals surface area contributed by atoms with Crippen LogP contribution in [0.2, 0.25) is 0 Å². The molecule has 0 spiro atoms. The lowest BCUT2D eigenvalue weighted by molar-refractivity contribution is -0.121. The third kappa shape index (κ3) is 7.25. The fourth-order valence-corrected chi connectivity index (χ4v) is 2.11. The van der Waals surface area contributed by atoms with Gasteiger partial charge in [-0.15, -0.1) is 0 Å². The zero-order valence-electron chi connectivity index (χ0n) is 11.5. The molecule has 1 aliphatic rings. The Balaban J connectivity index is 2.02. The highest BCUT2D eigenvalue weighted by Crippen LogP contribution is 2.15. The fraction of sp³-hybridized carbons (Fsp3) is 0.733. The van der Waals surface area contributed by atoms with Crippen LogP contribution in [0.1, 0.15) is 64.7 Å². The first-order chi connectivity index (χ1) is 8.83.